The molecule has 1 fully saturated rings. The molecule has 1 aliphatic carbocycles. The van der Waals surface area contributed by atoms with E-state index in [1.54, 1.807) is 0 Å². The van der Waals surface area contributed by atoms with E-state index in [1.165, 1.54) is 0 Å². The summed E-state index contributed by atoms with van der Waals surface area (Å²) >= 11 is 0. The summed E-state index contributed by atoms with van der Waals surface area (Å²) in [7, 11) is -2.99. The van der Waals surface area contributed by atoms with Crippen LogP contribution in [0.3, 0.4) is 0 Å². The van der Waals surface area contributed by atoms with Crippen molar-refractivity contribution >= 4 is 15.8 Å². The number of aliphatic carboxylic acids is 1. The lowest BCUT2D eigenvalue weighted by molar-refractivity contribution is -0.145. The molecule has 1 saturated carbocycles. The average Bonchev–Trinajstić information content (AvgIpc) is 2.26. The lowest BCUT2D eigenvalue weighted by Gasteiger charge is -2.32. The number of hydrogen-bond acceptors (Lipinski definition) is 3. The SMILES string of the molecule is CCCS(=O)(=O)CCC1CC(C)CCC1C(=O)O. The molecule has 0 saturated heterocycles. The van der Waals surface area contributed by atoms with Crippen molar-refractivity contribution < 1.29 is 18.3 Å². The number of carboxylic acid groups (broad SMARTS) is 1. The van der Waals surface area contributed by atoms with Crippen molar-refractivity contribution in [1.29, 1.82) is 0 Å². The van der Waals surface area contributed by atoms with Gasteiger partial charge in [0.05, 0.1) is 11.7 Å². The summed E-state index contributed by atoms with van der Waals surface area (Å²) in [5.41, 5.74) is 0. The number of hydrogen-bond donors (Lipinski definition) is 1. The topological polar surface area (TPSA) is 71.4 Å². The molecule has 0 radical (unpaired) electrons. The second-order valence-corrected chi connectivity index (χ2v) is 7.87. The highest BCUT2D eigenvalue weighted by Gasteiger charge is 2.33. The van der Waals surface area contributed by atoms with Crippen LogP contribution in [0.25, 0.3) is 0 Å². The van der Waals surface area contributed by atoms with Crippen LogP contribution in [0.5, 0.6) is 0 Å². The molecule has 3 atom stereocenters. The van der Waals surface area contributed by atoms with E-state index < -0.39 is 15.8 Å². The lowest BCUT2D eigenvalue weighted by atomic mass is 9.73. The molecule has 5 heteroatoms. The summed E-state index contributed by atoms with van der Waals surface area (Å²) in [4.78, 5) is 11.2. The van der Waals surface area contributed by atoms with Gasteiger partial charge in [0.25, 0.3) is 0 Å². The molecular formula is C13H24O4S. The number of sulfone groups is 1. The van der Waals surface area contributed by atoms with Crippen LogP contribution >= 0.6 is 0 Å². The Morgan fingerprint density at radius 3 is 2.50 bits per heavy atom. The summed E-state index contributed by atoms with van der Waals surface area (Å²) in [6.45, 7) is 3.96. The normalized spacial score (nSPS) is 29.1. The molecule has 1 aliphatic rings. The van der Waals surface area contributed by atoms with Crippen LogP contribution in [0, 0.1) is 17.8 Å². The van der Waals surface area contributed by atoms with Crippen molar-refractivity contribution in [3.8, 4) is 0 Å². The minimum Gasteiger partial charge on any atom is -0.481 e. The minimum absolute atomic E-state index is 0.0258. The Bertz CT molecular complexity index is 374. The molecule has 0 aromatic rings. The molecule has 0 heterocycles. The van der Waals surface area contributed by atoms with Gasteiger partial charge >= 0.3 is 5.97 Å². The van der Waals surface area contributed by atoms with Crippen molar-refractivity contribution in [2.45, 2.75) is 46.0 Å². The Morgan fingerprint density at radius 2 is 1.94 bits per heavy atom. The first-order chi connectivity index (χ1) is 8.35. The molecule has 1 N–H and O–H groups in total. The number of carboxylic acids is 1. The first kappa shape index (κ1) is 15.5. The van der Waals surface area contributed by atoms with Gasteiger partial charge in [-0.2, -0.15) is 0 Å². The molecule has 0 bridgehead atoms. The monoisotopic (exact) mass is 276 g/mol. The Balaban J connectivity index is 2.59. The Morgan fingerprint density at radius 1 is 1.28 bits per heavy atom. The highest BCUT2D eigenvalue weighted by molar-refractivity contribution is 7.91. The molecule has 1 rings (SSSR count). The molecule has 4 nitrogen and oxygen atoms in total. The van der Waals surface area contributed by atoms with Crippen LogP contribution in [0.2, 0.25) is 0 Å². The largest absolute Gasteiger partial charge is 0.481 e. The lowest BCUT2D eigenvalue weighted by Crippen LogP contribution is -2.31. The maximum atomic E-state index is 11.7. The third-order valence-electron chi connectivity index (χ3n) is 3.88. The zero-order chi connectivity index (χ0) is 13.8. The van der Waals surface area contributed by atoms with E-state index in [1.807, 2.05) is 6.92 Å². The molecule has 0 aromatic heterocycles. The Labute approximate surface area is 110 Å². The van der Waals surface area contributed by atoms with Crippen LogP contribution in [0.15, 0.2) is 0 Å². The van der Waals surface area contributed by atoms with Gasteiger partial charge in [-0.3, -0.25) is 4.79 Å². The van der Waals surface area contributed by atoms with Gasteiger partial charge in [-0.15, -0.1) is 0 Å². The van der Waals surface area contributed by atoms with Crippen molar-refractivity contribution in [3.63, 3.8) is 0 Å². The van der Waals surface area contributed by atoms with Crippen LogP contribution < -0.4 is 0 Å². The first-order valence-corrected chi connectivity index (χ1v) is 8.61. The third kappa shape index (κ3) is 4.59. The fourth-order valence-corrected chi connectivity index (χ4v) is 4.37. The maximum absolute atomic E-state index is 11.7. The van der Waals surface area contributed by atoms with Crippen LogP contribution in [-0.2, 0) is 14.6 Å². The van der Waals surface area contributed by atoms with Gasteiger partial charge in [0.15, 0.2) is 0 Å². The quantitative estimate of drug-likeness (QED) is 0.808. The summed E-state index contributed by atoms with van der Waals surface area (Å²) in [5.74, 6) is -0.218. The van der Waals surface area contributed by atoms with Crippen molar-refractivity contribution in [2.75, 3.05) is 11.5 Å². The summed E-state index contributed by atoms with van der Waals surface area (Å²) < 4.78 is 23.4. The Hall–Kier alpha value is -0.580. The van der Waals surface area contributed by atoms with Crippen LogP contribution in [0.4, 0.5) is 0 Å². The van der Waals surface area contributed by atoms with Gasteiger partial charge in [-0.25, -0.2) is 8.42 Å². The fraction of sp³-hybridized carbons (Fsp3) is 0.923. The summed E-state index contributed by atoms with van der Waals surface area (Å²) in [6.07, 6.45) is 3.61. The van der Waals surface area contributed by atoms with Crippen molar-refractivity contribution in [1.82, 2.24) is 0 Å². The molecule has 0 amide bonds. The third-order valence-corrected chi connectivity index (χ3v) is 5.76. The molecule has 0 aromatic carbocycles. The van der Waals surface area contributed by atoms with Crippen molar-refractivity contribution in [3.05, 3.63) is 0 Å². The zero-order valence-corrected chi connectivity index (χ0v) is 12.1. The highest BCUT2D eigenvalue weighted by atomic mass is 32.2. The van der Waals surface area contributed by atoms with Crippen molar-refractivity contribution in [2.24, 2.45) is 17.8 Å². The smallest absolute Gasteiger partial charge is 0.306 e. The molecule has 106 valence electrons. The van der Waals surface area contributed by atoms with E-state index in [2.05, 4.69) is 6.92 Å². The van der Waals surface area contributed by atoms with Gasteiger partial charge in [0, 0.05) is 5.75 Å². The number of carbonyl (C=O) groups is 1. The standard InChI is InChI=1S/C13H24O4S/c1-3-7-18(16,17)8-6-11-9-10(2)4-5-12(11)13(14)15/h10-12H,3-9H2,1-2H3,(H,14,15). The average molecular weight is 276 g/mol. The molecule has 3 unspecified atom stereocenters. The molecule has 18 heavy (non-hydrogen) atoms. The predicted octanol–water partition coefficient (Wildman–Crippen LogP) is 2.34. The van der Waals surface area contributed by atoms with Crippen LogP contribution in [0.1, 0.15) is 46.0 Å². The van der Waals surface area contributed by atoms with Gasteiger partial charge in [-0.1, -0.05) is 13.8 Å². The van der Waals surface area contributed by atoms with E-state index in [9.17, 15) is 18.3 Å². The first-order valence-electron chi connectivity index (χ1n) is 6.79. The van der Waals surface area contributed by atoms with Gasteiger partial charge in [0.2, 0.25) is 0 Å². The fourth-order valence-electron chi connectivity index (χ4n) is 2.89. The van der Waals surface area contributed by atoms with E-state index in [0.29, 0.717) is 25.2 Å². The second kappa shape index (κ2) is 6.55. The van der Waals surface area contributed by atoms with E-state index >= 15 is 0 Å². The molecule has 0 aliphatic heterocycles. The zero-order valence-electron chi connectivity index (χ0n) is 11.3. The molecule has 0 spiro atoms. The minimum atomic E-state index is -2.99. The predicted molar refractivity (Wildman–Crippen MR) is 71.2 cm³/mol. The second-order valence-electron chi connectivity index (χ2n) is 5.56. The van der Waals surface area contributed by atoms with Gasteiger partial charge in [-0.05, 0) is 43.9 Å². The van der Waals surface area contributed by atoms with E-state index in [-0.39, 0.29) is 23.3 Å². The van der Waals surface area contributed by atoms with Gasteiger partial charge in [0.1, 0.15) is 9.84 Å². The number of rotatable bonds is 6. The highest BCUT2D eigenvalue weighted by Crippen LogP contribution is 2.36. The Kier molecular flexibility index (Phi) is 5.63. The van der Waals surface area contributed by atoms with E-state index in [0.717, 1.165) is 12.8 Å². The maximum Gasteiger partial charge on any atom is 0.306 e. The van der Waals surface area contributed by atoms with Gasteiger partial charge < -0.3 is 5.11 Å². The summed E-state index contributed by atoms with van der Waals surface area (Å²) in [5, 5.41) is 9.18. The molecular weight excluding hydrogens is 252 g/mol. The summed E-state index contributed by atoms with van der Waals surface area (Å²) in [6, 6.07) is 0. The van der Waals surface area contributed by atoms with E-state index in [4.69, 9.17) is 0 Å². The van der Waals surface area contributed by atoms with Crippen LogP contribution in [-0.4, -0.2) is 31.0 Å².